The second-order valence-corrected chi connectivity index (χ2v) is 5.11. The van der Waals surface area contributed by atoms with Gasteiger partial charge in [0.15, 0.2) is 5.75 Å². The lowest BCUT2D eigenvalue weighted by Gasteiger charge is -2.35. The van der Waals surface area contributed by atoms with Crippen molar-refractivity contribution in [3.05, 3.63) is 33.9 Å². The quantitative estimate of drug-likeness (QED) is 0.627. The molecule has 0 saturated carbocycles. The Bertz CT molecular complexity index is 550. The number of hydrogen-bond acceptors (Lipinski definition) is 5. The topological polar surface area (TPSA) is 81.9 Å². The zero-order chi connectivity index (χ0) is 15.6. The summed E-state index contributed by atoms with van der Waals surface area (Å²) in [5, 5.41) is 11.0. The van der Waals surface area contributed by atoms with E-state index >= 15 is 0 Å². The van der Waals surface area contributed by atoms with Gasteiger partial charge in [0.2, 0.25) is 0 Å². The van der Waals surface area contributed by atoms with E-state index < -0.39 is 4.92 Å². The van der Waals surface area contributed by atoms with Crippen molar-refractivity contribution in [2.45, 2.75) is 26.1 Å². The normalized spacial score (nSPS) is 22.0. The van der Waals surface area contributed by atoms with Gasteiger partial charge in [-0.3, -0.25) is 14.9 Å². The summed E-state index contributed by atoms with van der Waals surface area (Å²) in [5.41, 5.74) is 0.0708. The van der Waals surface area contributed by atoms with Crippen LogP contribution < -0.4 is 4.74 Å². The highest BCUT2D eigenvalue weighted by atomic mass is 16.6. The van der Waals surface area contributed by atoms with Crippen molar-refractivity contribution in [1.82, 2.24) is 4.90 Å². The highest BCUT2D eigenvalue weighted by molar-refractivity contribution is 5.95. The molecule has 0 aliphatic carbocycles. The molecule has 1 heterocycles. The third-order valence-electron chi connectivity index (χ3n) is 3.33. The number of nitro benzene ring substituents is 1. The van der Waals surface area contributed by atoms with Crippen molar-refractivity contribution in [1.29, 1.82) is 0 Å². The van der Waals surface area contributed by atoms with Crippen LogP contribution in [0, 0.1) is 10.1 Å². The van der Waals surface area contributed by atoms with Crippen molar-refractivity contribution >= 4 is 11.6 Å². The lowest BCUT2D eigenvalue weighted by molar-refractivity contribution is -0.385. The van der Waals surface area contributed by atoms with E-state index in [2.05, 4.69) is 0 Å². The minimum absolute atomic E-state index is 0.0501. The molecule has 0 radical (unpaired) electrons. The van der Waals surface area contributed by atoms with Crippen molar-refractivity contribution in [2.24, 2.45) is 0 Å². The molecule has 2 rings (SSSR count). The first-order valence-corrected chi connectivity index (χ1v) is 6.69. The first-order chi connectivity index (χ1) is 9.92. The fourth-order valence-electron chi connectivity index (χ4n) is 2.49. The summed E-state index contributed by atoms with van der Waals surface area (Å²) >= 11 is 0. The average Bonchev–Trinajstić information content (AvgIpc) is 2.44. The molecule has 7 nitrogen and oxygen atoms in total. The summed E-state index contributed by atoms with van der Waals surface area (Å²) in [7, 11) is 1.36. The van der Waals surface area contributed by atoms with E-state index in [9.17, 15) is 14.9 Å². The van der Waals surface area contributed by atoms with Crippen LogP contribution in [0.15, 0.2) is 18.2 Å². The van der Waals surface area contributed by atoms with Gasteiger partial charge in [0, 0.05) is 24.7 Å². The maximum atomic E-state index is 12.5. The summed E-state index contributed by atoms with van der Waals surface area (Å²) in [6.45, 7) is 4.74. The Morgan fingerprint density at radius 1 is 1.38 bits per heavy atom. The smallest absolute Gasteiger partial charge is 0.311 e. The summed E-state index contributed by atoms with van der Waals surface area (Å²) < 4.78 is 10.5. The second-order valence-electron chi connectivity index (χ2n) is 5.11. The van der Waals surface area contributed by atoms with E-state index in [4.69, 9.17) is 9.47 Å². The number of nitrogens with zero attached hydrogens (tertiary/aromatic N) is 2. The molecule has 0 aromatic heterocycles. The van der Waals surface area contributed by atoms with Gasteiger partial charge in [-0.1, -0.05) is 0 Å². The number of methoxy groups -OCH3 is 1. The number of carbonyl (C=O) groups excluding carboxylic acids is 1. The van der Waals surface area contributed by atoms with Crippen LogP contribution in [-0.2, 0) is 4.74 Å². The molecule has 1 aromatic rings. The van der Waals surface area contributed by atoms with Crippen LogP contribution in [0.5, 0.6) is 5.75 Å². The largest absolute Gasteiger partial charge is 0.490 e. The number of rotatable bonds is 3. The van der Waals surface area contributed by atoms with Gasteiger partial charge < -0.3 is 14.4 Å². The fraction of sp³-hybridized carbons (Fsp3) is 0.500. The minimum Gasteiger partial charge on any atom is -0.490 e. The predicted molar refractivity (Wildman–Crippen MR) is 75.6 cm³/mol. The number of benzene rings is 1. The molecule has 21 heavy (non-hydrogen) atoms. The number of hydrogen-bond donors (Lipinski definition) is 0. The molecule has 1 amide bonds. The Labute approximate surface area is 122 Å². The second kappa shape index (κ2) is 6.09. The van der Waals surface area contributed by atoms with Gasteiger partial charge in [-0.05, 0) is 26.0 Å². The van der Waals surface area contributed by atoms with Crippen LogP contribution >= 0.6 is 0 Å². The summed E-state index contributed by atoms with van der Waals surface area (Å²) in [4.78, 5) is 24.6. The van der Waals surface area contributed by atoms with Crippen LogP contribution in [0.25, 0.3) is 0 Å². The van der Waals surface area contributed by atoms with Crippen molar-refractivity contribution < 1.29 is 19.2 Å². The Kier molecular flexibility index (Phi) is 4.42. The van der Waals surface area contributed by atoms with E-state index in [1.54, 1.807) is 11.0 Å². The molecule has 7 heteroatoms. The van der Waals surface area contributed by atoms with Gasteiger partial charge in [-0.25, -0.2) is 0 Å². The molecule has 1 aliphatic rings. The molecule has 0 spiro atoms. The van der Waals surface area contributed by atoms with Gasteiger partial charge in [0.05, 0.1) is 24.2 Å². The van der Waals surface area contributed by atoms with E-state index in [0.717, 1.165) is 0 Å². The standard InChI is InChI=1S/C14H18N2O5/c1-9-7-15(8-10(2)21-9)14(17)11-4-5-13(20-3)12(6-11)16(18)19/h4-6,9-10H,7-8H2,1-3H3/t9-,10-/m1/s1. The minimum atomic E-state index is -0.555. The number of carbonyl (C=O) groups is 1. The zero-order valence-corrected chi connectivity index (χ0v) is 12.2. The van der Waals surface area contributed by atoms with Gasteiger partial charge >= 0.3 is 5.69 Å². The molecule has 1 fully saturated rings. The Balaban J connectivity index is 2.27. The van der Waals surface area contributed by atoms with Crippen LogP contribution in [0.4, 0.5) is 5.69 Å². The molecule has 1 aromatic carbocycles. The SMILES string of the molecule is COc1ccc(C(=O)N2C[C@@H](C)O[C@H](C)C2)cc1[N+](=O)[O-]. The van der Waals surface area contributed by atoms with Gasteiger partial charge in [0.1, 0.15) is 0 Å². The Hall–Kier alpha value is -2.15. The fourth-order valence-corrected chi connectivity index (χ4v) is 2.49. The highest BCUT2D eigenvalue weighted by Crippen LogP contribution is 2.28. The molecule has 0 N–H and O–H groups in total. The van der Waals surface area contributed by atoms with Crippen molar-refractivity contribution in [3.63, 3.8) is 0 Å². The molecule has 0 unspecified atom stereocenters. The summed E-state index contributed by atoms with van der Waals surface area (Å²) in [6.07, 6.45) is -0.100. The third kappa shape index (κ3) is 3.30. The van der Waals surface area contributed by atoms with E-state index in [-0.39, 0.29) is 35.1 Å². The van der Waals surface area contributed by atoms with Crippen molar-refractivity contribution in [3.8, 4) is 5.75 Å². The van der Waals surface area contributed by atoms with Crippen LogP contribution in [0.1, 0.15) is 24.2 Å². The van der Waals surface area contributed by atoms with Crippen LogP contribution in [0.3, 0.4) is 0 Å². The van der Waals surface area contributed by atoms with E-state index in [1.807, 2.05) is 13.8 Å². The third-order valence-corrected chi connectivity index (χ3v) is 3.33. The van der Waals surface area contributed by atoms with E-state index in [1.165, 1.54) is 19.2 Å². The number of amides is 1. The van der Waals surface area contributed by atoms with Gasteiger partial charge in [0.25, 0.3) is 5.91 Å². The van der Waals surface area contributed by atoms with E-state index in [0.29, 0.717) is 13.1 Å². The number of morpholine rings is 1. The Morgan fingerprint density at radius 3 is 2.52 bits per heavy atom. The van der Waals surface area contributed by atoms with Gasteiger partial charge in [-0.15, -0.1) is 0 Å². The first kappa shape index (κ1) is 15.2. The monoisotopic (exact) mass is 294 g/mol. The van der Waals surface area contributed by atoms with Crippen LogP contribution in [-0.4, -0.2) is 48.1 Å². The molecular formula is C14H18N2O5. The first-order valence-electron chi connectivity index (χ1n) is 6.69. The number of ether oxygens (including phenoxy) is 2. The lowest BCUT2D eigenvalue weighted by atomic mass is 10.1. The summed E-state index contributed by atoms with van der Waals surface area (Å²) in [6, 6.07) is 4.24. The highest BCUT2D eigenvalue weighted by Gasteiger charge is 2.28. The molecule has 0 bridgehead atoms. The molecule has 114 valence electrons. The molecule has 1 aliphatic heterocycles. The maximum absolute atomic E-state index is 12.5. The molecular weight excluding hydrogens is 276 g/mol. The molecule has 1 saturated heterocycles. The zero-order valence-electron chi connectivity index (χ0n) is 12.2. The maximum Gasteiger partial charge on any atom is 0.311 e. The summed E-state index contributed by atoms with van der Waals surface area (Å²) in [5.74, 6) is -0.0944. The van der Waals surface area contributed by atoms with Crippen LogP contribution in [0.2, 0.25) is 0 Å². The Morgan fingerprint density at radius 2 is 2.00 bits per heavy atom. The molecule has 2 atom stereocenters. The number of nitro groups is 1. The predicted octanol–water partition coefficient (Wildman–Crippen LogP) is 1.85. The average molecular weight is 294 g/mol. The van der Waals surface area contributed by atoms with Gasteiger partial charge in [-0.2, -0.15) is 0 Å². The van der Waals surface area contributed by atoms with Crippen molar-refractivity contribution in [2.75, 3.05) is 20.2 Å². The lowest BCUT2D eigenvalue weighted by Crippen LogP contribution is -2.48.